The Morgan fingerprint density at radius 1 is 1.13 bits per heavy atom. The smallest absolute Gasteiger partial charge is 0.240 e. The normalized spacial score (nSPS) is 14.2. The molecule has 2 aromatic rings. The first kappa shape index (κ1) is 22.0. The quantitative estimate of drug-likeness (QED) is 0.671. The number of nitrogens with one attached hydrogen (secondary N) is 2. The number of benzene rings is 1. The van der Waals surface area contributed by atoms with E-state index in [4.69, 9.17) is 0 Å². The summed E-state index contributed by atoms with van der Waals surface area (Å²) < 4.78 is 0. The first-order valence-electron chi connectivity index (χ1n) is 10.4. The Labute approximate surface area is 180 Å². The number of hydrogen-bond acceptors (Lipinski definition) is 5. The summed E-state index contributed by atoms with van der Waals surface area (Å²) in [6.45, 7) is 1.89. The fraction of sp³-hybridized carbons (Fsp3) is 0.455. The average Bonchev–Trinajstić information content (AvgIpc) is 3.24. The van der Waals surface area contributed by atoms with Gasteiger partial charge in [-0.25, -0.2) is 4.98 Å². The molecule has 0 radical (unpaired) electrons. The lowest BCUT2D eigenvalue weighted by atomic mass is 9.95. The molecule has 1 heterocycles. The molecule has 30 heavy (non-hydrogen) atoms. The monoisotopic (exact) mass is 428 g/mol. The molecule has 0 spiro atoms. The Bertz CT molecular complexity index is 863. The molecule has 0 saturated heterocycles. The van der Waals surface area contributed by atoms with Gasteiger partial charge in [0.1, 0.15) is 6.54 Å². The van der Waals surface area contributed by atoms with Crippen LogP contribution in [0.3, 0.4) is 0 Å². The van der Waals surface area contributed by atoms with Gasteiger partial charge in [-0.1, -0.05) is 31.4 Å². The Kier molecular flexibility index (Phi) is 7.96. The molecule has 1 aromatic carbocycles. The summed E-state index contributed by atoms with van der Waals surface area (Å²) in [7, 11) is 0. The molecule has 0 unspecified atom stereocenters. The van der Waals surface area contributed by atoms with Crippen molar-refractivity contribution in [1.82, 2.24) is 10.3 Å². The van der Waals surface area contributed by atoms with Crippen LogP contribution in [0, 0.1) is 6.92 Å². The van der Waals surface area contributed by atoms with Crippen LogP contribution in [0.25, 0.3) is 0 Å². The Hall–Kier alpha value is -2.74. The standard InChI is InChI=1S/C22H28N4O3S/c1-16-6-5-9-18(14-16)26(15-20(28)24-17-7-3-2-4-8-17)21(29)11-10-19(27)25-22-23-12-13-30-22/h5-6,9,12-14,17H,2-4,7-8,10-11,15H2,1H3,(H,24,28)(H,23,25,27). The SMILES string of the molecule is Cc1cccc(N(CC(=O)NC2CCCCC2)C(=O)CCC(=O)Nc2nccs2)c1. The number of hydrogen-bond donors (Lipinski definition) is 2. The number of rotatable bonds is 8. The molecule has 2 N–H and O–H groups in total. The lowest BCUT2D eigenvalue weighted by Crippen LogP contribution is -2.45. The third-order valence-corrected chi connectivity index (χ3v) is 5.82. The van der Waals surface area contributed by atoms with Crippen molar-refractivity contribution < 1.29 is 14.4 Å². The zero-order chi connectivity index (χ0) is 21.3. The summed E-state index contributed by atoms with van der Waals surface area (Å²) in [5.41, 5.74) is 1.67. The molecule has 3 amide bonds. The van der Waals surface area contributed by atoms with Crippen molar-refractivity contribution in [1.29, 1.82) is 0 Å². The number of aromatic nitrogens is 1. The number of thiazole rings is 1. The zero-order valence-electron chi connectivity index (χ0n) is 17.2. The van der Waals surface area contributed by atoms with Crippen LogP contribution in [-0.4, -0.2) is 35.3 Å². The molecule has 0 aliphatic heterocycles. The van der Waals surface area contributed by atoms with Gasteiger partial charge in [-0.3, -0.25) is 14.4 Å². The van der Waals surface area contributed by atoms with Crippen LogP contribution in [0.2, 0.25) is 0 Å². The zero-order valence-corrected chi connectivity index (χ0v) is 18.0. The summed E-state index contributed by atoms with van der Waals surface area (Å²) in [5.74, 6) is -0.688. The molecule has 1 aliphatic rings. The average molecular weight is 429 g/mol. The summed E-state index contributed by atoms with van der Waals surface area (Å²) in [5, 5.41) is 8.02. The maximum Gasteiger partial charge on any atom is 0.240 e. The van der Waals surface area contributed by atoms with Crippen LogP contribution in [-0.2, 0) is 14.4 Å². The van der Waals surface area contributed by atoms with E-state index in [2.05, 4.69) is 15.6 Å². The van der Waals surface area contributed by atoms with Crippen molar-refractivity contribution in [2.75, 3.05) is 16.8 Å². The van der Waals surface area contributed by atoms with Crippen molar-refractivity contribution >= 4 is 39.9 Å². The molecule has 0 atom stereocenters. The van der Waals surface area contributed by atoms with E-state index < -0.39 is 0 Å². The van der Waals surface area contributed by atoms with Gasteiger partial charge in [-0.15, -0.1) is 11.3 Å². The predicted molar refractivity (Wildman–Crippen MR) is 119 cm³/mol. The minimum atomic E-state index is -0.269. The Balaban J connectivity index is 1.61. The van der Waals surface area contributed by atoms with Crippen molar-refractivity contribution in [3.05, 3.63) is 41.4 Å². The maximum absolute atomic E-state index is 12.9. The minimum absolute atomic E-state index is 0.0157. The van der Waals surface area contributed by atoms with E-state index in [-0.39, 0.29) is 43.1 Å². The fourth-order valence-corrected chi connectivity index (χ4v) is 4.15. The molecular formula is C22H28N4O3S. The predicted octanol–water partition coefficient (Wildman–Crippen LogP) is 3.65. The number of nitrogens with zero attached hydrogens (tertiary/aromatic N) is 2. The van der Waals surface area contributed by atoms with Crippen LogP contribution >= 0.6 is 11.3 Å². The minimum Gasteiger partial charge on any atom is -0.352 e. The third-order valence-electron chi connectivity index (χ3n) is 5.13. The van der Waals surface area contributed by atoms with E-state index in [9.17, 15) is 14.4 Å². The van der Waals surface area contributed by atoms with Crippen molar-refractivity contribution in [2.45, 2.75) is 57.9 Å². The molecule has 8 heteroatoms. The van der Waals surface area contributed by atoms with Gasteiger partial charge in [0.05, 0.1) is 0 Å². The molecule has 1 fully saturated rings. The topological polar surface area (TPSA) is 91.4 Å². The molecule has 1 saturated carbocycles. The van der Waals surface area contributed by atoms with Gasteiger partial charge in [0, 0.05) is 36.1 Å². The number of anilines is 2. The lowest BCUT2D eigenvalue weighted by molar-refractivity contribution is -0.125. The summed E-state index contributed by atoms with van der Waals surface area (Å²) >= 11 is 1.32. The number of carbonyl (C=O) groups excluding carboxylic acids is 3. The van der Waals surface area contributed by atoms with Gasteiger partial charge in [-0.05, 0) is 37.5 Å². The summed E-state index contributed by atoms with van der Waals surface area (Å²) in [6.07, 6.45) is 7.09. The van der Waals surface area contributed by atoms with Gasteiger partial charge in [0.2, 0.25) is 17.7 Å². The molecule has 1 aliphatic carbocycles. The molecule has 7 nitrogen and oxygen atoms in total. The second kappa shape index (κ2) is 10.9. The van der Waals surface area contributed by atoms with E-state index in [1.54, 1.807) is 11.6 Å². The highest BCUT2D eigenvalue weighted by Crippen LogP contribution is 2.20. The molecular weight excluding hydrogens is 400 g/mol. The highest BCUT2D eigenvalue weighted by molar-refractivity contribution is 7.13. The molecule has 1 aromatic heterocycles. The Morgan fingerprint density at radius 2 is 1.93 bits per heavy atom. The van der Waals surface area contributed by atoms with Crippen LogP contribution in [0.1, 0.15) is 50.5 Å². The van der Waals surface area contributed by atoms with Crippen LogP contribution < -0.4 is 15.5 Å². The molecule has 0 bridgehead atoms. The van der Waals surface area contributed by atoms with Gasteiger partial charge < -0.3 is 15.5 Å². The molecule has 3 rings (SSSR count). The lowest BCUT2D eigenvalue weighted by Gasteiger charge is -2.26. The first-order valence-corrected chi connectivity index (χ1v) is 11.2. The van der Waals surface area contributed by atoms with Crippen molar-refractivity contribution in [3.8, 4) is 0 Å². The largest absolute Gasteiger partial charge is 0.352 e. The Morgan fingerprint density at radius 3 is 2.63 bits per heavy atom. The summed E-state index contributed by atoms with van der Waals surface area (Å²) in [4.78, 5) is 43.2. The summed E-state index contributed by atoms with van der Waals surface area (Å²) in [6, 6.07) is 7.68. The van der Waals surface area contributed by atoms with E-state index in [0.717, 1.165) is 31.2 Å². The highest BCUT2D eigenvalue weighted by Gasteiger charge is 2.22. The first-order chi connectivity index (χ1) is 14.5. The number of carbonyl (C=O) groups is 3. The second-order valence-corrected chi connectivity index (χ2v) is 8.50. The fourth-order valence-electron chi connectivity index (χ4n) is 3.61. The van der Waals surface area contributed by atoms with Gasteiger partial charge in [0.15, 0.2) is 5.13 Å². The highest BCUT2D eigenvalue weighted by atomic mass is 32.1. The van der Waals surface area contributed by atoms with E-state index in [0.29, 0.717) is 10.8 Å². The second-order valence-electron chi connectivity index (χ2n) is 7.61. The molecule has 160 valence electrons. The number of amides is 3. The van der Waals surface area contributed by atoms with Gasteiger partial charge in [-0.2, -0.15) is 0 Å². The van der Waals surface area contributed by atoms with Crippen LogP contribution in [0.5, 0.6) is 0 Å². The van der Waals surface area contributed by atoms with Crippen LogP contribution in [0.15, 0.2) is 35.8 Å². The van der Waals surface area contributed by atoms with Crippen molar-refractivity contribution in [3.63, 3.8) is 0 Å². The third kappa shape index (κ3) is 6.66. The van der Waals surface area contributed by atoms with Gasteiger partial charge >= 0.3 is 0 Å². The van der Waals surface area contributed by atoms with Crippen LogP contribution in [0.4, 0.5) is 10.8 Å². The van der Waals surface area contributed by atoms with E-state index in [1.807, 2.05) is 31.2 Å². The van der Waals surface area contributed by atoms with Gasteiger partial charge in [0.25, 0.3) is 0 Å². The van der Waals surface area contributed by atoms with Crippen molar-refractivity contribution in [2.24, 2.45) is 0 Å². The number of aryl methyl sites for hydroxylation is 1. The van der Waals surface area contributed by atoms with E-state index >= 15 is 0 Å². The maximum atomic E-state index is 12.9. The van der Waals surface area contributed by atoms with E-state index in [1.165, 1.54) is 22.7 Å².